The van der Waals surface area contributed by atoms with E-state index in [1.165, 1.54) is 29.2 Å². The number of sulfonamides is 1. The Kier molecular flexibility index (Phi) is 8.60. The van der Waals surface area contributed by atoms with E-state index in [4.69, 9.17) is 0 Å². The molecule has 0 saturated carbocycles. The first-order chi connectivity index (χ1) is 15.3. The lowest BCUT2D eigenvalue weighted by atomic mass is 10.1. The first-order valence-corrected chi connectivity index (χ1v) is 12.5. The molecule has 0 spiro atoms. The van der Waals surface area contributed by atoms with E-state index in [1.807, 2.05) is 19.9 Å². The summed E-state index contributed by atoms with van der Waals surface area (Å²) in [5, 5.41) is 2.78. The number of amides is 2. The molecular formula is C24H32FN3O4S. The Hall–Kier alpha value is -2.94. The number of carbonyl (C=O) groups excluding carboxylic acids is 2. The number of rotatable bonds is 9. The number of hydrogen-bond acceptors (Lipinski definition) is 4. The molecular weight excluding hydrogens is 445 g/mol. The van der Waals surface area contributed by atoms with Crippen molar-refractivity contribution in [3.63, 3.8) is 0 Å². The number of carbonyl (C=O) groups is 2. The van der Waals surface area contributed by atoms with Crippen LogP contribution >= 0.6 is 0 Å². The van der Waals surface area contributed by atoms with E-state index in [0.717, 1.165) is 10.6 Å². The second kappa shape index (κ2) is 10.8. The standard InChI is InChI=1S/C24H32FN3O4S/c1-16(2)26-24(30)19(5)27(14-20-10-12-21(25)13-11-20)22(29)15-28(33(6,31)32)23-17(3)8-7-9-18(23)4/h7-13,16,19H,14-15H2,1-6H3,(H,26,30)/t19-/m1/s1. The van der Waals surface area contributed by atoms with Gasteiger partial charge in [-0.1, -0.05) is 30.3 Å². The van der Waals surface area contributed by atoms with Gasteiger partial charge in [-0.3, -0.25) is 13.9 Å². The summed E-state index contributed by atoms with van der Waals surface area (Å²) in [6.07, 6.45) is 1.05. The zero-order valence-corrected chi connectivity index (χ0v) is 20.7. The van der Waals surface area contributed by atoms with Crippen LogP contribution in [0.3, 0.4) is 0 Å². The summed E-state index contributed by atoms with van der Waals surface area (Å²) in [7, 11) is -3.80. The quantitative estimate of drug-likeness (QED) is 0.601. The van der Waals surface area contributed by atoms with Gasteiger partial charge >= 0.3 is 0 Å². The summed E-state index contributed by atoms with van der Waals surface area (Å²) in [5.41, 5.74) is 2.48. The van der Waals surface area contributed by atoms with Gasteiger partial charge < -0.3 is 10.2 Å². The van der Waals surface area contributed by atoms with E-state index in [0.29, 0.717) is 22.4 Å². The molecule has 0 radical (unpaired) electrons. The Morgan fingerprint density at radius 1 is 1.00 bits per heavy atom. The van der Waals surface area contributed by atoms with Crippen LogP contribution < -0.4 is 9.62 Å². The normalized spacial score (nSPS) is 12.4. The predicted molar refractivity (Wildman–Crippen MR) is 128 cm³/mol. The number of benzene rings is 2. The van der Waals surface area contributed by atoms with Crippen molar-refractivity contribution in [2.45, 2.75) is 53.2 Å². The van der Waals surface area contributed by atoms with Crippen LogP contribution in [0.25, 0.3) is 0 Å². The fourth-order valence-electron chi connectivity index (χ4n) is 3.55. The third-order valence-electron chi connectivity index (χ3n) is 5.23. The summed E-state index contributed by atoms with van der Waals surface area (Å²) in [4.78, 5) is 27.5. The minimum atomic E-state index is -3.80. The Balaban J connectivity index is 2.44. The molecule has 0 saturated heterocycles. The molecule has 2 amide bonds. The Labute approximate surface area is 195 Å². The fraction of sp³-hybridized carbons (Fsp3) is 0.417. The fourth-order valence-corrected chi connectivity index (χ4v) is 4.51. The number of aryl methyl sites for hydroxylation is 2. The summed E-state index contributed by atoms with van der Waals surface area (Å²) >= 11 is 0. The first kappa shape index (κ1) is 26.3. The van der Waals surface area contributed by atoms with E-state index in [-0.39, 0.29) is 18.5 Å². The molecule has 0 aliphatic rings. The van der Waals surface area contributed by atoms with Gasteiger partial charge in [0.05, 0.1) is 11.9 Å². The van der Waals surface area contributed by atoms with Crippen molar-refractivity contribution in [1.29, 1.82) is 0 Å². The monoisotopic (exact) mass is 477 g/mol. The second-order valence-corrected chi connectivity index (χ2v) is 10.4. The van der Waals surface area contributed by atoms with Crippen LogP contribution in [0.5, 0.6) is 0 Å². The molecule has 2 rings (SSSR count). The Bertz CT molecular complexity index is 1080. The molecule has 33 heavy (non-hydrogen) atoms. The predicted octanol–water partition coefficient (Wildman–Crippen LogP) is 3.15. The summed E-state index contributed by atoms with van der Waals surface area (Å²) in [6.45, 7) is 8.32. The van der Waals surface area contributed by atoms with Gasteiger partial charge in [0, 0.05) is 12.6 Å². The van der Waals surface area contributed by atoms with Crippen molar-refractivity contribution in [3.8, 4) is 0 Å². The summed E-state index contributed by atoms with van der Waals surface area (Å²) in [6, 6.07) is 9.97. The molecule has 2 aromatic rings. The van der Waals surface area contributed by atoms with Crippen molar-refractivity contribution >= 4 is 27.5 Å². The number of hydrogen-bond donors (Lipinski definition) is 1. The summed E-state index contributed by atoms with van der Waals surface area (Å²) in [5.74, 6) is -1.32. The molecule has 0 aliphatic carbocycles. The van der Waals surface area contributed by atoms with Crippen LogP contribution in [0, 0.1) is 19.7 Å². The van der Waals surface area contributed by atoms with Crippen LogP contribution in [0.15, 0.2) is 42.5 Å². The lowest BCUT2D eigenvalue weighted by Gasteiger charge is -2.32. The lowest BCUT2D eigenvalue weighted by molar-refractivity contribution is -0.139. The van der Waals surface area contributed by atoms with Gasteiger partial charge in [0.1, 0.15) is 18.4 Å². The van der Waals surface area contributed by atoms with Crippen LogP contribution in [0.1, 0.15) is 37.5 Å². The molecule has 0 bridgehead atoms. The van der Waals surface area contributed by atoms with Gasteiger partial charge in [0.25, 0.3) is 0 Å². The van der Waals surface area contributed by atoms with Crippen molar-refractivity contribution in [2.75, 3.05) is 17.1 Å². The molecule has 1 N–H and O–H groups in total. The van der Waals surface area contributed by atoms with Gasteiger partial charge in [-0.25, -0.2) is 12.8 Å². The van der Waals surface area contributed by atoms with E-state index in [9.17, 15) is 22.4 Å². The van der Waals surface area contributed by atoms with Crippen LogP contribution in [0.4, 0.5) is 10.1 Å². The summed E-state index contributed by atoms with van der Waals surface area (Å²) < 4.78 is 39.8. The van der Waals surface area contributed by atoms with Crippen molar-refractivity contribution in [2.24, 2.45) is 0 Å². The minimum absolute atomic E-state index is 0.0240. The highest BCUT2D eigenvalue weighted by Gasteiger charge is 2.31. The van der Waals surface area contributed by atoms with E-state index in [1.54, 1.807) is 32.9 Å². The maximum absolute atomic E-state index is 13.5. The van der Waals surface area contributed by atoms with Gasteiger partial charge in [-0.2, -0.15) is 0 Å². The van der Waals surface area contributed by atoms with Crippen LogP contribution in [0.2, 0.25) is 0 Å². The molecule has 2 aromatic carbocycles. The highest BCUT2D eigenvalue weighted by molar-refractivity contribution is 7.92. The highest BCUT2D eigenvalue weighted by atomic mass is 32.2. The van der Waals surface area contributed by atoms with Crippen LogP contribution in [-0.4, -0.2) is 50.0 Å². The molecule has 1 atom stereocenters. The molecule has 9 heteroatoms. The van der Waals surface area contributed by atoms with Crippen molar-refractivity contribution < 1.29 is 22.4 Å². The van der Waals surface area contributed by atoms with E-state index < -0.39 is 34.3 Å². The van der Waals surface area contributed by atoms with Gasteiger partial charge in [0.2, 0.25) is 21.8 Å². The highest BCUT2D eigenvalue weighted by Crippen LogP contribution is 2.27. The number of halogens is 1. The Morgan fingerprint density at radius 3 is 2.03 bits per heavy atom. The molecule has 0 fully saturated rings. The largest absolute Gasteiger partial charge is 0.352 e. The maximum Gasteiger partial charge on any atom is 0.244 e. The topological polar surface area (TPSA) is 86.8 Å². The van der Waals surface area contributed by atoms with E-state index in [2.05, 4.69) is 5.32 Å². The molecule has 0 aromatic heterocycles. The molecule has 0 unspecified atom stereocenters. The average molecular weight is 478 g/mol. The molecule has 180 valence electrons. The van der Waals surface area contributed by atoms with E-state index >= 15 is 0 Å². The van der Waals surface area contributed by atoms with Crippen LogP contribution in [-0.2, 0) is 26.2 Å². The third kappa shape index (κ3) is 7.02. The molecule has 7 nitrogen and oxygen atoms in total. The SMILES string of the molecule is Cc1cccc(C)c1N(CC(=O)N(Cc1ccc(F)cc1)[C@H](C)C(=O)NC(C)C)S(C)(=O)=O. The first-order valence-electron chi connectivity index (χ1n) is 10.7. The van der Waals surface area contributed by atoms with Gasteiger partial charge in [-0.05, 0) is 63.4 Å². The average Bonchev–Trinajstić information content (AvgIpc) is 2.70. The maximum atomic E-state index is 13.5. The smallest absolute Gasteiger partial charge is 0.244 e. The van der Waals surface area contributed by atoms with Crippen molar-refractivity contribution in [3.05, 3.63) is 65.0 Å². The minimum Gasteiger partial charge on any atom is -0.352 e. The number of nitrogens with one attached hydrogen (secondary N) is 1. The zero-order chi connectivity index (χ0) is 24.9. The number of nitrogens with zero attached hydrogens (tertiary/aromatic N) is 2. The number of para-hydroxylation sites is 1. The Morgan fingerprint density at radius 2 is 1.55 bits per heavy atom. The van der Waals surface area contributed by atoms with Crippen molar-refractivity contribution in [1.82, 2.24) is 10.2 Å². The van der Waals surface area contributed by atoms with Gasteiger partial charge in [-0.15, -0.1) is 0 Å². The number of anilines is 1. The van der Waals surface area contributed by atoms with Gasteiger partial charge in [0.15, 0.2) is 0 Å². The molecule has 0 heterocycles. The second-order valence-electron chi connectivity index (χ2n) is 8.50. The lowest BCUT2D eigenvalue weighted by Crippen LogP contribution is -2.52. The zero-order valence-electron chi connectivity index (χ0n) is 19.9. The molecule has 0 aliphatic heterocycles. The third-order valence-corrected chi connectivity index (χ3v) is 6.34.